The number of barbiturate groups is 1. The fraction of sp³-hybridized carbons (Fsp3) is 0.148. The van der Waals surface area contributed by atoms with E-state index in [1.807, 2.05) is 12.1 Å². The Morgan fingerprint density at radius 3 is 2.55 bits per heavy atom. The van der Waals surface area contributed by atoms with Gasteiger partial charge in [0.25, 0.3) is 11.8 Å². The summed E-state index contributed by atoms with van der Waals surface area (Å²) in [5.74, 6) is 0.201. The molecule has 11 heteroatoms. The summed E-state index contributed by atoms with van der Waals surface area (Å²) in [6.07, 6.45) is 1.32. The Balaban J connectivity index is 1.41. The van der Waals surface area contributed by atoms with Crippen molar-refractivity contribution in [2.24, 2.45) is 0 Å². The molecule has 2 heterocycles. The monoisotopic (exact) mass is 554 g/mol. The number of ether oxygens (including phenoxy) is 4. The SMILES string of the molecule is COc1cc(/C=C2/C(=O)NC(=O)N(c3ccc(C)c(Cl)c3)C2=O)cc(Cl)c1OCc1ccc2c(c1)OCO2. The van der Waals surface area contributed by atoms with Gasteiger partial charge in [0.1, 0.15) is 12.2 Å². The predicted molar refractivity (Wildman–Crippen MR) is 140 cm³/mol. The van der Waals surface area contributed by atoms with Gasteiger partial charge in [-0.2, -0.15) is 0 Å². The standard InChI is InChI=1S/C27H20Cl2N2O7/c1-14-3-5-17(11-19(14)28)31-26(33)18(25(32)30-27(31)34)7-16-8-20(29)24(23(10-16)35-2)36-12-15-4-6-21-22(9-15)38-13-37-21/h3-11H,12-13H2,1-2H3,(H,30,32,34)/b18-7-. The van der Waals surface area contributed by atoms with Crippen molar-refractivity contribution in [1.82, 2.24) is 5.32 Å². The first-order chi connectivity index (χ1) is 18.2. The van der Waals surface area contributed by atoms with Crippen LogP contribution in [-0.4, -0.2) is 31.7 Å². The third-order valence-corrected chi connectivity index (χ3v) is 6.59. The van der Waals surface area contributed by atoms with Gasteiger partial charge < -0.3 is 18.9 Å². The highest BCUT2D eigenvalue weighted by Gasteiger charge is 2.37. The van der Waals surface area contributed by atoms with Crippen LogP contribution in [0, 0.1) is 6.92 Å². The van der Waals surface area contributed by atoms with Crippen molar-refractivity contribution in [2.75, 3.05) is 18.8 Å². The molecular formula is C27H20Cl2N2O7. The van der Waals surface area contributed by atoms with Gasteiger partial charge in [-0.3, -0.25) is 14.9 Å². The van der Waals surface area contributed by atoms with Gasteiger partial charge in [0.15, 0.2) is 23.0 Å². The lowest BCUT2D eigenvalue weighted by atomic mass is 10.1. The topological polar surface area (TPSA) is 103 Å². The van der Waals surface area contributed by atoms with E-state index in [9.17, 15) is 14.4 Å². The van der Waals surface area contributed by atoms with Crippen molar-refractivity contribution in [3.05, 3.63) is 80.8 Å². The third-order valence-electron chi connectivity index (χ3n) is 5.90. The number of nitrogens with zero attached hydrogens (tertiary/aromatic N) is 1. The average Bonchev–Trinajstić information content (AvgIpc) is 3.35. The number of hydrogen-bond donors (Lipinski definition) is 1. The normalized spacial score (nSPS) is 15.6. The number of amides is 4. The van der Waals surface area contributed by atoms with Gasteiger partial charge in [0.05, 0.1) is 17.8 Å². The van der Waals surface area contributed by atoms with E-state index in [2.05, 4.69) is 5.32 Å². The first-order valence-corrected chi connectivity index (χ1v) is 12.1. The molecule has 2 aliphatic rings. The Hall–Kier alpha value is -4.21. The number of halogens is 2. The molecule has 0 bridgehead atoms. The van der Waals surface area contributed by atoms with Crippen LogP contribution in [0.15, 0.2) is 54.1 Å². The van der Waals surface area contributed by atoms with Gasteiger partial charge in [0.2, 0.25) is 6.79 Å². The first kappa shape index (κ1) is 25.4. The Morgan fingerprint density at radius 1 is 1.00 bits per heavy atom. The van der Waals surface area contributed by atoms with E-state index in [1.54, 1.807) is 31.2 Å². The van der Waals surface area contributed by atoms with E-state index in [1.165, 1.54) is 25.3 Å². The van der Waals surface area contributed by atoms with Crippen LogP contribution in [-0.2, 0) is 16.2 Å². The molecule has 5 rings (SSSR count). The summed E-state index contributed by atoms with van der Waals surface area (Å²) in [6, 6.07) is 12.4. The van der Waals surface area contributed by atoms with Crippen LogP contribution in [0.2, 0.25) is 10.0 Å². The average molecular weight is 555 g/mol. The number of benzene rings is 3. The van der Waals surface area contributed by atoms with E-state index in [-0.39, 0.29) is 41.2 Å². The Morgan fingerprint density at radius 2 is 1.79 bits per heavy atom. The number of nitrogens with one attached hydrogen (secondary N) is 1. The van der Waals surface area contributed by atoms with E-state index in [4.69, 9.17) is 42.1 Å². The summed E-state index contributed by atoms with van der Waals surface area (Å²) >= 11 is 12.7. The molecule has 1 saturated heterocycles. The lowest BCUT2D eigenvalue weighted by Gasteiger charge is -2.26. The van der Waals surface area contributed by atoms with Crippen molar-refractivity contribution in [2.45, 2.75) is 13.5 Å². The minimum Gasteiger partial charge on any atom is -0.493 e. The molecular weight excluding hydrogens is 535 g/mol. The molecule has 0 atom stereocenters. The summed E-state index contributed by atoms with van der Waals surface area (Å²) in [4.78, 5) is 39.1. The smallest absolute Gasteiger partial charge is 0.335 e. The van der Waals surface area contributed by atoms with Crippen molar-refractivity contribution >= 4 is 52.8 Å². The number of carbonyl (C=O) groups excluding carboxylic acids is 3. The minimum atomic E-state index is -0.875. The molecule has 0 aliphatic carbocycles. The number of carbonyl (C=O) groups is 3. The summed E-state index contributed by atoms with van der Waals surface area (Å²) < 4.78 is 22.1. The molecule has 38 heavy (non-hydrogen) atoms. The number of methoxy groups -OCH3 is 1. The molecule has 194 valence electrons. The molecule has 1 fully saturated rings. The van der Waals surface area contributed by atoms with Crippen LogP contribution in [0.4, 0.5) is 10.5 Å². The second kappa shape index (κ2) is 10.3. The van der Waals surface area contributed by atoms with Crippen LogP contribution in [0.1, 0.15) is 16.7 Å². The fourth-order valence-electron chi connectivity index (χ4n) is 3.93. The predicted octanol–water partition coefficient (Wildman–Crippen LogP) is 5.28. The number of urea groups is 1. The number of imide groups is 2. The number of fused-ring (bicyclic) bond motifs is 1. The maximum atomic E-state index is 13.2. The maximum absolute atomic E-state index is 13.2. The molecule has 0 spiro atoms. The number of rotatable bonds is 6. The molecule has 3 aromatic rings. The van der Waals surface area contributed by atoms with Crippen LogP contribution in [0.5, 0.6) is 23.0 Å². The lowest BCUT2D eigenvalue weighted by molar-refractivity contribution is -0.122. The second-order valence-electron chi connectivity index (χ2n) is 8.40. The highest BCUT2D eigenvalue weighted by atomic mass is 35.5. The van der Waals surface area contributed by atoms with E-state index >= 15 is 0 Å². The van der Waals surface area contributed by atoms with E-state index < -0.39 is 17.8 Å². The Bertz CT molecular complexity index is 1520. The maximum Gasteiger partial charge on any atom is 0.335 e. The van der Waals surface area contributed by atoms with Gasteiger partial charge in [-0.1, -0.05) is 35.3 Å². The van der Waals surface area contributed by atoms with Gasteiger partial charge >= 0.3 is 6.03 Å². The second-order valence-corrected chi connectivity index (χ2v) is 9.22. The Kier molecular flexibility index (Phi) is 6.88. The molecule has 0 unspecified atom stereocenters. The molecule has 2 aliphatic heterocycles. The first-order valence-electron chi connectivity index (χ1n) is 11.3. The zero-order valence-electron chi connectivity index (χ0n) is 20.2. The van der Waals surface area contributed by atoms with Crippen LogP contribution in [0.25, 0.3) is 6.08 Å². The Labute approximate surface area is 227 Å². The number of hydrogen-bond acceptors (Lipinski definition) is 7. The summed E-state index contributed by atoms with van der Waals surface area (Å²) in [6.45, 7) is 2.13. The fourth-order valence-corrected chi connectivity index (χ4v) is 4.38. The van der Waals surface area contributed by atoms with Crippen LogP contribution >= 0.6 is 23.2 Å². The molecule has 1 N–H and O–H groups in total. The minimum absolute atomic E-state index is 0.168. The molecule has 4 amide bonds. The highest BCUT2D eigenvalue weighted by Crippen LogP contribution is 2.39. The zero-order valence-corrected chi connectivity index (χ0v) is 21.7. The van der Waals surface area contributed by atoms with Crippen LogP contribution in [0.3, 0.4) is 0 Å². The van der Waals surface area contributed by atoms with E-state index in [0.717, 1.165) is 16.0 Å². The highest BCUT2D eigenvalue weighted by molar-refractivity contribution is 6.39. The molecule has 3 aromatic carbocycles. The van der Waals surface area contributed by atoms with Crippen molar-refractivity contribution in [1.29, 1.82) is 0 Å². The summed E-state index contributed by atoms with van der Waals surface area (Å²) in [5, 5.41) is 2.75. The van der Waals surface area contributed by atoms with Crippen molar-refractivity contribution in [3.63, 3.8) is 0 Å². The molecule has 0 aromatic heterocycles. The van der Waals surface area contributed by atoms with Gasteiger partial charge in [-0.15, -0.1) is 0 Å². The van der Waals surface area contributed by atoms with E-state index in [0.29, 0.717) is 22.1 Å². The third kappa shape index (κ3) is 4.85. The molecule has 0 radical (unpaired) electrons. The van der Waals surface area contributed by atoms with Gasteiger partial charge in [-0.05, 0) is 66.1 Å². The summed E-state index contributed by atoms with van der Waals surface area (Å²) in [7, 11) is 1.44. The number of anilines is 1. The quantitative estimate of drug-likeness (QED) is 0.326. The lowest BCUT2D eigenvalue weighted by Crippen LogP contribution is -2.54. The molecule has 0 saturated carbocycles. The summed E-state index contributed by atoms with van der Waals surface area (Å²) in [5.41, 5.74) is 1.94. The zero-order chi connectivity index (χ0) is 27.0. The van der Waals surface area contributed by atoms with Gasteiger partial charge in [0, 0.05) is 5.02 Å². The van der Waals surface area contributed by atoms with Crippen LogP contribution < -0.4 is 29.2 Å². The van der Waals surface area contributed by atoms with Crippen molar-refractivity contribution in [3.8, 4) is 23.0 Å². The van der Waals surface area contributed by atoms with Crippen molar-refractivity contribution < 1.29 is 33.3 Å². The largest absolute Gasteiger partial charge is 0.493 e. The molecule has 9 nitrogen and oxygen atoms in total. The van der Waals surface area contributed by atoms with Gasteiger partial charge in [-0.25, -0.2) is 9.69 Å². The number of aryl methyl sites for hydroxylation is 1.